The maximum atomic E-state index is 13.8. The molecule has 27 heavy (non-hydrogen) atoms. The Hall–Kier alpha value is -2.39. The minimum absolute atomic E-state index is 0.00331. The van der Waals surface area contributed by atoms with Crippen LogP contribution in [-0.2, 0) is 10.0 Å². The van der Waals surface area contributed by atoms with Crippen molar-refractivity contribution in [3.8, 4) is 0 Å². The molecule has 1 N–H and O–H groups in total. The van der Waals surface area contributed by atoms with Crippen LogP contribution in [0.15, 0.2) is 47.4 Å². The average molecular weight is 398 g/mol. The van der Waals surface area contributed by atoms with Crippen LogP contribution in [0.5, 0.6) is 0 Å². The largest absolute Gasteiger partial charge is 0.337 e. The van der Waals surface area contributed by atoms with Crippen LogP contribution in [0.2, 0.25) is 0 Å². The summed E-state index contributed by atoms with van der Waals surface area (Å²) < 4.78 is 67.7. The lowest BCUT2D eigenvalue weighted by molar-refractivity contribution is 0.0697. The van der Waals surface area contributed by atoms with Crippen molar-refractivity contribution >= 4 is 15.9 Å². The number of piperidine rings is 1. The van der Waals surface area contributed by atoms with Crippen LogP contribution in [-0.4, -0.2) is 38.4 Å². The van der Waals surface area contributed by atoms with Crippen molar-refractivity contribution < 1.29 is 26.4 Å². The molecule has 3 rings (SSSR count). The molecule has 2 aromatic rings. The van der Waals surface area contributed by atoms with Gasteiger partial charge < -0.3 is 4.90 Å². The molecule has 1 fully saturated rings. The van der Waals surface area contributed by atoms with Crippen molar-refractivity contribution in [3.05, 3.63) is 65.5 Å². The van der Waals surface area contributed by atoms with E-state index in [1.807, 2.05) is 0 Å². The molecule has 9 heteroatoms. The number of halogens is 3. The van der Waals surface area contributed by atoms with E-state index in [9.17, 15) is 26.4 Å². The van der Waals surface area contributed by atoms with Crippen molar-refractivity contribution in [2.24, 2.45) is 0 Å². The van der Waals surface area contributed by atoms with Gasteiger partial charge in [-0.05, 0) is 49.2 Å². The highest BCUT2D eigenvalue weighted by atomic mass is 32.2. The Labute approximate surface area is 154 Å². The van der Waals surface area contributed by atoms with Gasteiger partial charge in [-0.15, -0.1) is 0 Å². The highest BCUT2D eigenvalue weighted by Crippen LogP contribution is 2.19. The molecule has 0 bridgehead atoms. The van der Waals surface area contributed by atoms with Gasteiger partial charge >= 0.3 is 0 Å². The minimum Gasteiger partial charge on any atom is -0.337 e. The van der Waals surface area contributed by atoms with Gasteiger partial charge in [0.2, 0.25) is 10.0 Å². The Bertz CT molecular complexity index is 966. The van der Waals surface area contributed by atoms with Gasteiger partial charge in [-0.2, -0.15) is 0 Å². The van der Waals surface area contributed by atoms with E-state index in [1.165, 1.54) is 17.0 Å². The number of carbonyl (C=O) groups is 1. The Morgan fingerprint density at radius 2 is 1.81 bits per heavy atom. The zero-order valence-corrected chi connectivity index (χ0v) is 15.0. The van der Waals surface area contributed by atoms with Crippen molar-refractivity contribution in [2.75, 3.05) is 13.1 Å². The molecule has 0 aliphatic carbocycles. The van der Waals surface area contributed by atoms with E-state index in [2.05, 4.69) is 4.72 Å². The van der Waals surface area contributed by atoms with E-state index < -0.39 is 45.0 Å². The quantitative estimate of drug-likeness (QED) is 0.861. The van der Waals surface area contributed by atoms with Crippen LogP contribution in [0.25, 0.3) is 0 Å². The molecule has 1 saturated heterocycles. The first-order chi connectivity index (χ1) is 12.8. The molecular weight excluding hydrogens is 381 g/mol. The normalized spacial score (nSPS) is 17.7. The number of hydrogen-bond acceptors (Lipinski definition) is 3. The molecule has 1 unspecified atom stereocenters. The monoisotopic (exact) mass is 398 g/mol. The molecule has 1 aliphatic rings. The fourth-order valence-electron chi connectivity index (χ4n) is 3.01. The summed E-state index contributed by atoms with van der Waals surface area (Å²) in [6.45, 7) is 0.302. The summed E-state index contributed by atoms with van der Waals surface area (Å²) >= 11 is 0. The Balaban J connectivity index is 1.74. The second-order valence-corrected chi connectivity index (χ2v) is 8.01. The zero-order valence-electron chi connectivity index (χ0n) is 14.2. The van der Waals surface area contributed by atoms with Gasteiger partial charge in [-0.3, -0.25) is 4.79 Å². The molecule has 144 valence electrons. The van der Waals surface area contributed by atoms with E-state index in [0.29, 0.717) is 19.4 Å². The summed E-state index contributed by atoms with van der Waals surface area (Å²) in [4.78, 5) is 13.5. The van der Waals surface area contributed by atoms with Crippen LogP contribution in [0.3, 0.4) is 0 Å². The van der Waals surface area contributed by atoms with Crippen LogP contribution in [0, 0.1) is 17.5 Å². The van der Waals surface area contributed by atoms with Crippen LogP contribution in [0.1, 0.15) is 23.2 Å². The molecule has 1 amide bonds. The van der Waals surface area contributed by atoms with Gasteiger partial charge in [0.1, 0.15) is 17.5 Å². The third kappa shape index (κ3) is 4.48. The van der Waals surface area contributed by atoms with Crippen LogP contribution in [0.4, 0.5) is 13.2 Å². The Morgan fingerprint density at radius 3 is 2.56 bits per heavy atom. The second kappa shape index (κ2) is 7.69. The van der Waals surface area contributed by atoms with Gasteiger partial charge in [-0.25, -0.2) is 26.3 Å². The number of rotatable bonds is 4. The maximum absolute atomic E-state index is 13.8. The smallest absolute Gasteiger partial charge is 0.256 e. The number of hydrogen-bond donors (Lipinski definition) is 1. The van der Waals surface area contributed by atoms with Gasteiger partial charge in [-0.1, -0.05) is 6.07 Å². The van der Waals surface area contributed by atoms with Crippen LogP contribution < -0.4 is 4.72 Å². The lowest BCUT2D eigenvalue weighted by atomic mass is 10.1. The molecular formula is C18H17F3N2O3S. The lowest BCUT2D eigenvalue weighted by Crippen LogP contribution is -2.49. The average Bonchev–Trinajstić information content (AvgIpc) is 2.63. The Kier molecular flexibility index (Phi) is 5.52. The second-order valence-electron chi connectivity index (χ2n) is 6.29. The van der Waals surface area contributed by atoms with E-state index in [4.69, 9.17) is 0 Å². The van der Waals surface area contributed by atoms with Gasteiger partial charge in [0.05, 0.1) is 10.5 Å². The van der Waals surface area contributed by atoms with E-state index in [0.717, 1.165) is 30.3 Å². The third-order valence-corrected chi connectivity index (χ3v) is 5.81. The van der Waals surface area contributed by atoms with Crippen molar-refractivity contribution in [2.45, 2.75) is 23.8 Å². The van der Waals surface area contributed by atoms with Gasteiger partial charge in [0.15, 0.2) is 0 Å². The predicted molar refractivity (Wildman–Crippen MR) is 92.0 cm³/mol. The summed E-state index contributed by atoms with van der Waals surface area (Å²) in [5.74, 6) is -2.97. The lowest BCUT2D eigenvalue weighted by Gasteiger charge is -2.33. The standard InChI is InChI=1S/C18H17F3N2O3S/c19-12-3-1-5-15(9-12)27(25,26)22-14-4-2-8-23(11-14)18(24)16-10-13(20)6-7-17(16)21/h1,3,5-7,9-10,14,22H,2,4,8,11H2. The first-order valence-corrected chi connectivity index (χ1v) is 9.77. The predicted octanol–water partition coefficient (Wildman–Crippen LogP) is 2.69. The summed E-state index contributed by atoms with van der Waals surface area (Å²) in [5, 5.41) is 0. The number of carbonyl (C=O) groups excluding carboxylic acids is 1. The zero-order chi connectivity index (χ0) is 19.6. The summed E-state index contributed by atoms with van der Waals surface area (Å²) in [5.41, 5.74) is -0.399. The number of nitrogens with zero attached hydrogens (tertiary/aromatic N) is 1. The van der Waals surface area contributed by atoms with Crippen molar-refractivity contribution in [1.29, 1.82) is 0 Å². The first-order valence-electron chi connectivity index (χ1n) is 8.28. The fraction of sp³-hybridized carbons (Fsp3) is 0.278. The number of sulfonamides is 1. The topological polar surface area (TPSA) is 66.5 Å². The molecule has 2 aromatic carbocycles. The van der Waals surface area contributed by atoms with Crippen molar-refractivity contribution in [1.82, 2.24) is 9.62 Å². The number of benzene rings is 2. The van der Waals surface area contributed by atoms with E-state index >= 15 is 0 Å². The molecule has 0 aromatic heterocycles. The molecule has 0 spiro atoms. The third-order valence-electron chi connectivity index (χ3n) is 4.30. The number of amides is 1. The number of likely N-dealkylation sites (tertiary alicyclic amines) is 1. The number of nitrogens with one attached hydrogen (secondary N) is 1. The molecule has 5 nitrogen and oxygen atoms in total. The first kappa shape index (κ1) is 19.4. The summed E-state index contributed by atoms with van der Waals surface area (Å²) in [6, 6.07) is 6.57. The van der Waals surface area contributed by atoms with Gasteiger partial charge in [0, 0.05) is 19.1 Å². The molecule has 1 aliphatic heterocycles. The molecule has 0 radical (unpaired) electrons. The highest BCUT2D eigenvalue weighted by Gasteiger charge is 2.29. The SMILES string of the molecule is O=C(c1cc(F)ccc1F)N1CCCC(NS(=O)(=O)c2cccc(F)c2)C1. The maximum Gasteiger partial charge on any atom is 0.256 e. The fourth-order valence-corrected chi connectivity index (χ4v) is 4.30. The summed E-state index contributed by atoms with van der Waals surface area (Å²) in [6.07, 6.45) is 0.947. The molecule has 1 atom stereocenters. The molecule has 0 saturated carbocycles. The van der Waals surface area contributed by atoms with E-state index in [-0.39, 0.29) is 11.4 Å². The molecule has 1 heterocycles. The summed E-state index contributed by atoms with van der Waals surface area (Å²) in [7, 11) is -3.97. The van der Waals surface area contributed by atoms with Crippen molar-refractivity contribution in [3.63, 3.8) is 0 Å². The van der Waals surface area contributed by atoms with Crippen LogP contribution >= 0.6 is 0 Å². The van der Waals surface area contributed by atoms with Gasteiger partial charge in [0.25, 0.3) is 5.91 Å². The highest BCUT2D eigenvalue weighted by molar-refractivity contribution is 7.89. The van der Waals surface area contributed by atoms with E-state index in [1.54, 1.807) is 0 Å². The minimum atomic E-state index is -3.97. The Morgan fingerprint density at radius 1 is 1.07 bits per heavy atom.